The Morgan fingerprint density at radius 1 is 0.912 bits per heavy atom. The van der Waals surface area contributed by atoms with Gasteiger partial charge in [-0.15, -0.1) is 0 Å². The van der Waals surface area contributed by atoms with Crippen molar-refractivity contribution < 1.29 is 9.57 Å². The van der Waals surface area contributed by atoms with E-state index >= 15 is 0 Å². The van der Waals surface area contributed by atoms with Crippen molar-refractivity contribution in [3.63, 3.8) is 0 Å². The Morgan fingerprint density at radius 2 is 1.50 bits per heavy atom. The summed E-state index contributed by atoms with van der Waals surface area (Å²) < 4.78 is 6.64. The molecule has 3 aromatic rings. The molecule has 2 N–H and O–H groups in total. The first-order chi connectivity index (χ1) is 16.5. The topological polar surface area (TPSA) is 45.8 Å². The van der Waals surface area contributed by atoms with Crippen LogP contribution in [0.4, 0.5) is 11.4 Å². The molecule has 0 fully saturated rings. The van der Waals surface area contributed by atoms with Gasteiger partial charge in [0.15, 0.2) is 0 Å². The van der Waals surface area contributed by atoms with Crippen molar-refractivity contribution in [3.8, 4) is 11.5 Å². The number of alkyl halides is 1. The maximum atomic E-state index is 6.64. The van der Waals surface area contributed by atoms with Gasteiger partial charge < -0.3 is 15.4 Å². The minimum Gasteiger partial charge on any atom is -0.456 e. The van der Waals surface area contributed by atoms with Gasteiger partial charge in [-0.05, 0) is 62.1 Å². The minimum absolute atomic E-state index is 0.587. The summed E-state index contributed by atoms with van der Waals surface area (Å²) in [5.74, 6) is 1.73. The second-order valence-electron chi connectivity index (χ2n) is 8.92. The Hall–Kier alpha value is -2.54. The van der Waals surface area contributed by atoms with Crippen molar-refractivity contribution in [2.45, 2.75) is 39.8 Å². The van der Waals surface area contributed by atoms with Crippen LogP contribution in [0.1, 0.15) is 47.2 Å². The van der Waals surface area contributed by atoms with Crippen molar-refractivity contribution in [2.75, 3.05) is 35.7 Å². The number of fused-ring (bicyclic) bond motifs is 6. The fraction of sp³-hybridized carbons (Fsp3) is 0.357. The lowest BCUT2D eigenvalue weighted by atomic mass is 9.74. The molecule has 178 valence electrons. The molecule has 2 aliphatic rings. The van der Waals surface area contributed by atoms with Crippen LogP contribution in [0.3, 0.4) is 0 Å². The van der Waals surface area contributed by atoms with Gasteiger partial charge in [-0.2, -0.15) is 5.06 Å². The number of nitrogens with one attached hydrogen (secondary N) is 2. The van der Waals surface area contributed by atoms with Crippen LogP contribution in [0.25, 0.3) is 0 Å². The zero-order chi connectivity index (χ0) is 23.9. The van der Waals surface area contributed by atoms with Gasteiger partial charge in [-0.3, -0.25) is 4.84 Å². The number of ether oxygens (including phenoxy) is 1. The molecule has 5 rings (SSSR count). The zero-order valence-electron chi connectivity index (χ0n) is 20.3. The maximum absolute atomic E-state index is 6.64. The van der Waals surface area contributed by atoms with Gasteiger partial charge in [-0.25, -0.2) is 0 Å². The quantitative estimate of drug-likeness (QED) is 0.338. The smallest absolute Gasteiger partial charge is 0.135 e. The summed E-state index contributed by atoms with van der Waals surface area (Å²) in [5, 5.41) is 9.91. The second-order valence-corrected chi connectivity index (χ2v) is 9.71. The molecule has 0 saturated heterocycles. The van der Waals surface area contributed by atoms with Crippen LogP contribution in [-0.4, -0.2) is 30.1 Å². The number of nitrogens with zero attached hydrogens (tertiary/aromatic N) is 1. The highest BCUT2D eigenvalue weighted by atomic mass is 79.9. The largest absolute Gasteiger partial charge is 0.456 e. The Labute approximate surface area is 210 Å². The third kappa shape index (κ3) is 3.51. The molecular weight excluding hydrogens is 490 g/mol. The minimum atomic E-state index is -0.591. The lowest BCUT2D eigenvalue weighted by Crippen LogP contribution is -2.45. The van der Waals surface area contributed by atoms with E-state index < -0.39 is 5.54 Å². The average molecular weight is 522 g/mol. The first kappa shape index (κ1) is 23.2. The number of anilines is 2. The molecule has 0 aliphatic carbocycles. The fourth-order valence-corrected chi connectivity index (χ4v) is 5.55. The summed E-state index contributed by atoms with van der Waals surface area (Å²) in [5.41, 5.74) is 8.75. The second kappa shape index (κ2) is 9.25. The molecule has 2 heterocycles. The molecule has 0 aromatic heterocycles. The first-order valence-corrected chi connectivity index (χ1v) is 13.2. The molecule has 0 unspecified atom stereocenters. The first-order valence-electron chi connectivity index (χ1n) is 12.0. The summed E-state index contributed by atoms with van der Waals surface area (Å²) in [6.07, 6.45) is 0. The van der Waals surface area contributed by atoms with E-state index in [0.717, 1.165) is 52.4 Å². The third-order valence-corrected chi connectivity index (χ3v) is 7.13. The van der Waals surface area contributed by atoms with E-state index in [1.165, 1.54) is 22.3 Å². The molecule has 3 aromatic carbocycles. The molecule has 0 atom stereocenters. The molecule has 6 heteroatoms. The van der Waals surface area contributed by atoms with Gasteiger partial charge in [0.05, 0.1) is 13.2 Å². The van der Waals surface area contributed by atoms with Crippen LogP contribution < -0.4 is 15.4 Å². The summed E-state index contributed by atoms with van der Waals surface area (Å²) in [6.45, 7) is 11.6. The molecule has 2 aliphatic heterocycles. The van der Waals surface area contributed by atoms with Gasteiger partial charge in [0, 0.05) is 53.1 Å². The van der Waals surface area contributed by atoms with E-state index in [9.17, 15) is 0 Å². The zero-order valence-corrected chi connectivity index (χ0v) is 21.9. The van der Waals surface area contributed by atoms with E-state index in [4.69, 9.17) is 9.57 Å². The highest BCUT2D eigenvalue weighted by molar-refractivity contribution is 9.09. The Morgan fingerprint density at radius 3 is 2.06 bits per heavy atom. The van der Waals surface area contributed by atoms with Crippen LogP contribution >= 0.6 is 15.9 Å². The van der Waals surface area contributed by atoms with Gasteiger partial charge in [0.2, 0.25) is 0 Å². The van der Waals surface area contributed by atoms with Crippen molar-refractivity contribution in [2.24, 2.45) is 0 Å². The number of hydrogen-bond acceptors (Lipinski definition) is 5. The van der Waals surface area contributed by atoms with Crippen molar-refractivity contribution >= 4 is 27.3 Å². The SMILES string of the molecule is CCNc1cc2c(cc1C)C1(c3ccccc3CN1OCCBr)c1cc(C)c(NCC)cc1O2. The molecule has 0 bridgehead atoms. The van der Waals surface area contributed by atoms with Gasteiger partial charge in [0.25, 0.3) is 0 Å². The van der Waals surface area contributed by atoms with Crippen LogP contribution in [0.2, 0.25) is 0 Å². The predicted octanol–water partition coefficient (Wildman–Crippen LogP) is 6.71. The lowest BCUT2D eigenvalue weighted by molar-refractivity contribution is -0.199. The van der Waals surface area contributed by atoms with E-state index in [-0.39, 0.29) is 0 Å². The summed E-state index contributed by atoms with van der Waals surface area (Å²) >= 11 is 3.55. The van der Waals surface area contributed by atoms with E-state index in [0.29, 0.717) is 13.2 Å². The Kier molecular flexibility index (Phi) is 6.32. The fourth-order valence-electron chi connectivity index (χ4n) is 5.40. The number of rotatable bonds is 7. The molecule has 5 nitrogen and oxygen atoms in total. The molecule has 0 amide bonds. The highest BCUT2D eigenvalue weighted by Crippen LogP contribution is 2.58. The van der Waals surface area contributed by atoms with Crippen molar-refractivity contribution in [1.29, 1.82) is 0 Å². The summed E-state index contributed by atoms with van der Waals surface area (Å²) in [4.78, 5) is 6.48. The monoisotopic (exact) mass is 521 g/mol. The van der Waals surface area contributed by atoms with Gasteiger partial charge in [-0.1, -0.05) is 40.2 Å². The lowest BCUT2D eigenvalue weighted by Gasteiger charge is -2.44. The number of benzene rings is 3. The Balaban J connectivity index is 1.84. The summed E-state index contributed by atoms with van der Waals surface area (Å²) in [6, 6.07) is 17.5. The van der Waals surface area contributed by atoms with E-state index in [2.05, 4.69) is 108 Å². The van der Waals surface area contributed by atoms with Crippen molar-refractivity contribution in [1.82, 2.24) is 5.06 Å². The normalized spacial score (nSPS) is 15.4. The summed E-state index contributed by atoms with van der Waals surface area (Å²) in [7, 11) is 0. The van der Waals surface area contributed by atoms with Crippen molar-refractivity contribution in [3.05, 3.63) is 81.9 Å². The molecule has 0 radical (unpaired) electrons. The van der Waals surface area contributed by atoms with Crippen LogP contribution in [0.15, 0.2) is 48.5 Å². The third-order valence-electron chi connectivity index (χ3n) is 6.81. The van der Waals surface area contributed by atoms with E-state index in [1.807, 2.05) is 0 Å². The number of hydroxylamine groups is 2. The number of hydrogen-bond donors (Lipinski definition) is 2. The number of halogens is 1. The molecule has 0 saturated carbocycles. The van der Waals surface area contributed by atoms with Gasteiger partial charge in [0.1, 0.15) is 17.0 Å². The van der Waals surface area contributed by atoms with Crippen LogP contribution in [0.5, 0.6) is 11.5 Å². The standard InChI is InChI=1S/C28H32BrN3O2/c1-5-30-24-15-26-22(13-18(24)3)28(23-14-19(4)25(31-6-2)16-27(23)34-26)21-10-8-7-9-20(21)17-32(28)33-12-11-29/h7-10,13-16,30-31H,5-6,11-12,17H2,1-4H3. The van der Waals surface area contributed by atoms with Crippen LogP contribution in [-0.2, 0) is 16.9 Å². The molecule has 1 spiro atoms. The molecule has 34 heavy (non-hydrogen) atoms. The van der Waals surface area contributed by atoms with Gasteiger partial charge >= 0.3 is 0 Å². The average Bonchev–Trinajstić information content (AvgIpc) is 3.15. The number of aryl methyl sites for hydroxylation is 2. The Bertz CT molecular complexity index is 1170. The predicted molar refractivity (Wildman–Crippen MR) is 142 cm³/mol. The maximum Gasteiger partial charge on any atom is 0.135 e. The highest BCUT2D eigenvalue weighted by Gasteiger charge is 2.54. The van der Waals surface area contributed by atoms with Crippen LogP contribution in [0, 0.1) is 13.8 Å². The van der Waals surface area contributed by atoms with E-state index in [1.54, 1.807) is 0 Å². The molecular formula is C28H32BrN3O2.